The van der Waals surface area contributed by atoms with Gasteiger partial charge in [-0.05, 0) is 57.9 Å². The van der Waals surface area contributed by atoms with Crippen molar-refractivity contribution in [3.63, 3.8) is 0 Å². The van der Waals surface area contributed by atoms with Crippen molar-refractivity contribution in [2.45, 2.75) is 75.8 Å². The third kappa shape index (κ3) is 5.68. The van der Waals surface area contributed by atoms with Gasteiger partial charge >= 0.3 is 0 Å². The number of aromatic nitrogens is 1. The predicted octanol–water partition coefficient (Wildman–Crippen LogP) is 4.36. The van der Waals surface area contributed by atoms with Crippen LogP contribution in [-0.2, 0) is 11.3 Å². The van der Waals surface area contributed by atoms with E-state index in [9.17, 15) is 9.59 Å². The zero-order valence-electron chi connectivity index (χ0n) is 24.9. The lowest BCUT2D eigenvalue weighted by atomic mass is 9.80. The zero-order valence-corrected chi connectivity index (χ0v) is 26.5. The molecule has 1 amide bonds. The molecule has 1 unspecified atom stereocenters. The van der Waals surface area contributed by atoms with E-state index >= 15 is 0 Å². The molecule has 1 atom stereocenters. The van der Waals surface area contributed by atoms with Gasteiger partial charge < -0.3 is 24.5 Å². The number of H-pyrrole nitrogens is 1. The third-order valence-corrected chi connectivity index (χ3v) is 10.7. The average Bonchev–Trinajstić information content (AvgIpc) is 3.34. The minimum Gasteiger partial charge on any atom is -0.448 e. The first-order chi connectivity index (χ1) is 20.2. The second-order valence-electron chi connectivity index (χ2n) is 12.2. The van der Waals surface area contributed by atoms with Crippen LogP contribution in [0.15, 0.2) is 21.8 Å². The largest absolute Gasteiger partial charge is 0.448 e. The van der Waals surface area contributed by atoms with Crippen LogP contribution in [0.2, 0.25) is 5.02 Å². The van der Waals surface area contributed by atoms with Crippen LogP contribution in [0.3, 0.4) is 0 Å². The summed E-state index contributed by atoms with van der Waals surface area (Å²) in [4.78, 5) is 34.7. The first kappa shape index (κ1) is 29.8. The lowest BCUT2D eigenvalue weighted by Crippen LogP contribution is -2.64. The maximum Gasteiger partial charge on any atom is 0.254 e. The molecule has 4 heterocycles. The van der Waals surface area contributed by atoms with Crippen molar-refractivity contribution in [1.82, 2.24) is 20.1 Å². The van der Waals surface area contributed by atoms with Gasteiger partial charge in [0.05, 0.1) is 18.2 Å². The first-order valence-electron chi connectivity index (χ1n) is 15.0. The second-order valence-corrected chi connectivity index (χ2v) is 13.4. The van der Waals surface area contributed by atoms with Crippen molar-refractivity contribution in [1.29, 1.82) is 0 Å². The Bertz CT molecular complexity index is 1400. The number of thioether (sulfide) groups is 1. The minimum atomic E-state index is -0.829. The van der Waals surface area contributed by atoms with Crippen LogP contribution in [0.25, 0.3) is 0 Å². The van der Waals surface area contributed by atoms with E-state index < -0.39 is 5.79 Å². The number of rotatable bonds is 7. The van der Waals surface area contributed by atoms with E-state index in [0.717, 1.165) is 75.7 Å². The molecule has 0 spiro atoms. The van der Waals surface area contributed by atoms with E-state index in [-0.39, 0.29) is 23.9 Å². The highest BCUT2D eigenvalue weighted by atomic mass is 35.5. The number of fused-ring (bicyclic) bond motifs is 1. The van der Waals surface area contributed by atoms with Crippen LogP contribution in [0.5, 0.6) is 11.5 Å². The van der Waals surface area contributed by atoms with Gasteiger partial charge in [0, 0.05) is 84.9 Å². The fourth-order valence-corrected chi connectivity index (χ4v) is 7.91. The van der Waals surface area contributed by atoms with Crippen LogP contribution in [0.1, 0.15) is 59.8 Å². The molecule has 0 radical (unpaired) electrons. The summed E-state index contributed by atoms with van der Waals surface area (Å²) in [5, 5.41) is 3.26. The van der Waals surface area contributed by atoms with Gasteiger partial charge in [-0.25, -0.2) is 0 Å². The van der Waals surface area contributed by atoms with Crippen LogP contribution in [0.4, 0.5) is 0 Å². The van der Waals surface area contributed by atoms with Gasteiger partial charge in [0.2, 0.25) is 0 Å². The van der Waals surface area contributed by atoms with Gasteiger partial charge in [-0.3, -0.25) is 19.4 Å². The zero-order chi connectivity index (χ0) is 29.6. The molecular formula is C31H41ClN4O5S. The molecule has 11 heteroatoms. The molecule has 9 nitrogen and oxygen atoms in total. The molecular weight excluding hydrogens is 576 g/mol. The number of carbonyl (C=O) groups is 1. The number of aromatic amines is 1. The molecule has 228 valence electrons. The number of morpholine rings is 1. The average molecular weight is 617 g/mol. The van der Waals surface area contributed by atoms with E-state index in [0.29, 0.717) is 45.3 Å². The number of amides is 1. The van der Waals surface area contributed by atoms with E-state index in [1.54, 1.807) is 6.07 Å². The van der Waals surface area contributed by atoms with Gasteiger partial charge in [-0.15, -0.1) is 11.8 Å². The van der Waals surface area contributed by atoms with Crippen LogP contribution < -0.4 is 20.3 Å². The monoisotopic (exact) mass is 616 g/mol. The highest BCUT2D eigenvalue weighted by Gasteiger charge is 2.48. The molecule has 1 saturated carbocycles. The van der Waals surface area contributed by atoms with Gasteiger partial charge in [0.15, 0.2) is 11.5 Å². The number of hydrogen-bond donors (Lipinski definition) is 2. The fraction of sp³-hybridized carbons (Fsp3) is 0.613. The molecule has 1 aliphatic carbocycles. The summed E-state index contributed by atoms with van der Waals surface area (Å²) in [6.07, 6.45) is 6.19. The number of nitrogens with one attached hydrogen (secondary N) is 2. The van der Waals surface area contributed by atoms with Crippen molar-refractivity contribution in [3.8, 4) is 11.5 Å². The van der Waals surface area contributed by atoms with Crippen molar-refractivity contribution in [3.05, 3.63) is 49.9 Å². The summed E-state index contributed by atoms with van der Waals surface area (Å²) in [6, 6.07) is 4.83. The Morgan fingerprint density at radius 3 is 2.45 bits per heavy atom. The Kier molecular flexibility index (Phi) is 8.54. The van der Waals surface area contributed by atoms with Gasteiger partial charge in [-0.2, -0.15) is 0 Å². The number of ether oxygens (including phenoxy) is 3. The molecule has 1 aromatic carbocycles. The molecule has 2 saturated heterocycles. The van der Waals surface area contributed by atoms with E-state index in [1.165, 1.54) is 11.8 Å². The lowest BCUT2D eigenvalue weighted by Gasteiger charge is -2.51. The normalized spacial score (nSPS) is 26.7. The maximum atomic E-state index is 13.3. The molecule has 2 N–H and O–H groups in total. The van der Waals surface area contributed by atoms with Gasteiger partial charge in [-0.1, -0.05) is 11.6 Å². The first-order valence-corrected chi connectivity index (χ1v) is 16.6. The number of likely N-dealkylation sites (tertiary alicyclic amines) is 1. The Balaban J connectivity index is 1.08. The SMILES string of the molecule is CSc1cc(C)[nH]c(=O)c1CNC(=O)c1cc(Cl)c2c(c1C)OC(C)(C1CCC(N3CC(N4CCOCC4)C3)CC1)O2. The summed E-state index contributed by atoms with van der Waals surface area (Å²) in [6.45, 7) is 11.9. The number of halogens is 1. The van der Waals surface area contributed by atoms with Crippen LogP contribution in [-0.4, -0.2) is 84.2 Å². The molecule has 0 bridgehead atoms. The second kappa shape index (κ2) is 12.0. The highest BCUT2D eigenvalue weighted by molar-refractivity contribution is 7.98. The molecule has 3 fully saturated rings. The number of aryl methyl sites for hydroxylation is 1. The fourth-order valence-electron chi connectivity index (χ4n) is 6.97. The van der Waals surface area contributed by atoms with E-state index in [4.69, 9.17) is 25.8 Å². The highest BCUT2D eigenvalue weighted by Crippen LogP contribution is 2.52. The summed E-state index contributed by atoms with van der Waals surface area (Å²) < 4.78 is 18.5. The minimum absolute atomic E-state index is 0.112. The number of pyridine rings is 1. The van der Waals surface area contributed by atoms with E-state index in [2.05, 4.69) is 20.1 Å². The standard InChI is InChI=1S/C31H41ClN4O5S/c1-18-13-26(42-4)24(30(38)34-18)15-33-29(37)23-14-25(32)28-27(19(23)2)40-31(3,41-28)20-5-7-21(8-6-20)36-16-22(17-36)35-9-11-39-12-10-35/h13-14,20-22H,5-12,15-17H2,1-4H3,(H,33,37)(H,34,38). The molecule has 42 heavy (non-hydrogen) atoms. The molecule has 2 aromatic rings. The van der Waals surface area contributed by atoms with Gasteiger partial charge in [0.1, 0.15) is 0 Å². The summed E-state index contributed by atoms with van der Waals surface area (Å²) in [5.74, 6) is 0.123. The smallest absolute Gasteiger partial charge is 0.254 e. The molecule has 3 aliphatic heterocycles. The quantitative estimate of drug-likeness (QED) is 0.443. The number of hydrogen-bond acceptors (Lipinski definition) is 8. The van der Waals surface area contributed by atoms with Crippen molar-refractivity contribution in [2.24, 2.45) is 5.92 Å². The van der Waals surface area contributed by atoms with E-state index in [1.807, 2.05) is 33.1 Å². The number of carbonyl (C=O) groups excluding carboxylic acids is 1. The summed E-state index contributed by atoms with van der Waals surface area (Å²) in [7, 11) is 0. The van der Waals surface area contributed by atoms with Crippen molar-refractivity contribution >= 4 is 29.3 Å². The van der Waals surface area contributed by atoms with Crippen molar-refractivity contribution < 1.29 is 19.0 Å². The number of nitrogens with zero attached hydrogens (tertiary/aromatic N) is 2. The van der Waals surface area contributed by atoms with Crippen molar-refractivity contribution in [2.75, 3.05) is 45.6 Å². The molecule has 6 rings (SSSR count). The Morgan fingerprint density at radius 1 is 1.07 bits per heavy atom. The third-order valence-electron chi connectivity index (χ3n) is 9.58. The van der Waals surface area contributed by atoms with Crippen LogP contribution in [0, 0.1) is 19.8 Å². The van der Waals surface area contributed by atoms with Gasteiger partial charge in [0.25, 0.3) is 17.3 Å². The Labute approximate surface area is 256 Å². The Hall–Kier alpha value is -2.24. The number of benzene rings is 1. The predicted molar refractivity (Wildman–Crippen MR) is 164 cm³/mol. The lowest BCUT2D eigenvalue weighted by molar-refractivity contribution is -0.128. The molecule has 4 aliphatic rings. The summed E-state index contributed by atoms with van der Waals surface area (Å²) in [5.41, 5.74) is 2.21. The summed E-state index contributed by atoms with van der Waals surface area (Å²) >= 11 is 8.15. The molecule has 1 aromatic heterocycles. The Morgan fingerprint density at radius 2 is 1.76 bits per heavy atom. The maximum absolute atomic E-state index is 13.3. The topological polar surface area (TPSA) is 96.1 Å². The van der Waals surface area contributed by atoms with Crippen LogP contribution >= 0.6 is 23.4 Å².